The van der Waals surface area contributed by atoms with E-state index in [0.717, 1.165) is 6.26 Å². The van der Waals surface area contributed by atoms with Gasteiger partial charge in [-0.05, 0) is 0 Å². The van der Waals surface area contributed by atoms with Crippen LogP contribution >= 0.6 is 24.0 Å². The smallest absolute Gasteiger partial charge is 0.187 e. The topological polar surface area (TPSA) is 20.2 Å². The van der Waals surface area contributed by atoms with Crippen molar-refractivity contribution in [3.05, 3.63) is 12.8 Å². The highest BCUT2D eigenvalue weighted by atomic mass is 127. The van der Waals surface area contributed by atoms with Gasteiger partial charge in [0.1, 0.15) is 0 Å². The van der Waals surface area contributed by atoms with E-state index in [1.165, 1.54) is 0 Å². The zero-order valence-electron chi connectivity index (χ0n) is 2.14. The Morgan fingerprint density at radius 3 is 1.60 bits per heavy atom. The molecule has 0 fully saturated rings. The molecule has 0 atom stereocenters. The van der Waals surface area contributed by atoms with Crippen LogP contribution in [0, 0.1) is 0 Å². The maximum atomic E-state index is 7.33. The van der Waals surface area contributed by atoms with Crippen LogP contribution < -0.4 is 0 Å². The van der Waals surface area contributed by atoms with Crippen LogP contribution in [-0.2, 0) is 0 Å². The molecule has 0 aromatic carbocycles. The third-order valence-corrected chi connectivity index (χ3v) is 0. The molecule has 0 heterocycles. The van der Waals surface area contributed by atoms with E-state index in [0.29, 0.717) is 0 Å². The fourth-order valence-corrected chi connectivity index (χ4v) is 0. The maximum Gasteiger partial charge on any atom is 0.187 e. The van der Waals surface area contributed by atoms with Crippen molar-refractivity contribution in [1.82, 2.24) is 0 Å². The standard InChI is InChI=1S/C2H4O.Al.HI.3H/c1-2-3;;;;;/h2-3H,1H2;;1H;;;. The van der Waals surface area contributed by atoms with Gasteiger partial charge in [-0.2, -0.15) is 0 Å². The molecule has 0 spiro atoms. The first-order valence-electron chi connectivity index (χ1n) is 0.666. The first-order chi connectivity index (χ1) is 1.41. The summed E-state index contributed by atoms with van der Waals surface area (Å²) in [4.78, 5) is 0. The lowest BCUT2D eigenvalue weighted by Crippen LogP contribution is -1.25. The van der Waals surface area contributed by atoms with Crippen LogP contribution in [0.3, 0.4) is 0 Å². The van der Waals surface area contributed by atoms with Gasteiger partial charge in [0.15, 0.2) is 17.4 Å². The Kier molecular flexibility index (Phi) is 72.8. The summed E-state index contributed by atoms with van der Waals surface area (Å²) >= 11 is 0. The second-order valence-electron chi connectivity index (χ2n) is 0.183. The summed E-state index contributed by atoms with van der Waals surface area (Å²) in [7, 11) is 0. The highest BCUT2D eigenvalue weighted by Crippen LogP contribution is 1.26. The van der Waals surface area contributed by atoms with Crippen LogP contribution in [-0.4, -0.2) is 22.5 Å². The summed E-state index contributed by atoms with van der Waals surface area (Å²) in [6.45, 7) is 2.92. The van der Waals surface area contributed by atoms with E-state index >= 15 is 0 Å². The Morgan fingerprint density at radius 2 is 1.60 bits per heavy atom. The lowest BCUT2D eigenvalue weighted by atomic mass is 11.2. The van der Waals surface area contributed by atoms with Gasteiger partial charge in [0.2, 0.25) is 0 Å². The summed E-state index contributed by atoms with van der Waals surface area (Å²) in [5.74, 6) is 0. The van der Waals surface area contributed by atoms with Crippen LogP contribution in [0.4, 0.5) is 0 Å². The minimum Gasteiger partial charge on any atom is -0.516 e. The van der Waals surface area contributed by atoms with Crippen LogP contribution in [0.2, 0.25) is 0 Å². The zero-order chi connectivity index (χ0) is 2.71. The van der Waals surface area contributed by atoms with Crippen LogP contribution in [0.15, 0.2) is 12.8 Å². The van der Waals surface area contributed by atoms with Crippen molar-refractivity contribution in [2.45, 2.75) is 0 Å². The highest BCUT2D eigenvalue weighted by molar-refractivity contribution is 14.0. The van der Waals surface area contributed by atoms with Gasteiger partial charge in [-0.25, -0.2) is 0 Å². The quantitative estimate of drug-likeness (QED) is 0.336. The molecule has 5 heavy (non-hydrogen) atoms. The summed E-state index contributed by atoms with van der Waals surface area (Å²) in [6.07, 6.45) is 0.750. The average Bonchev–Trinajstić information content (AvgIpc) is 0.918. The number of aliphatic hydroxyl groups is 1. The molecule has 0 aromatic rings. The third kappa shape index (κ3) is 58.6. The van der Waals surface area contributed by atoms with Crippen molar-refractivity contribution in [2.24, 2.45) is 0 Å². The molecule has 0 radical (unpaired) electrons. The SMILES string of the molecule is C=CO.I.[AlH3]. The van der Waals surface area contributed by atoms with Crippen LogP contribution in [0.5, 0.6) is 0 Å². The molecule has 0 saturated heterocycles. The molecular weight excluding hydrogens is 194 g/mol. The third-order valence-electron chi connectivity index (χ3n) is 0. The average molecular weight is 202 g/mol. The van der Waals surface area contributed by atoms with Gasteiger partial charge in [-0.1, -0.05) is 6.58 Å². The lowest BCUT2D eigenvalue weighted by molar-refractivity contribution is 0.476. The first-order valence-corrected chi connectivity index (χ1v) is 0.666. The van der Waals surface area contributed by atoms with Crippen molar-refractivity contribution in [3.63, 3.8) is 0 Å². The number of aliphatic hydroxyl groups excluding tert-OH is 1. The van der Waals surface area contributed by atoms with E-state index in [9.17, 15) is 0 Å². The molecule has 0 bridgehead atoms. The summed E-state index contributed by atoms with van der Waals surface area (Å²) in [5.41, 5.74) is 0. The normalized spacial score (nSPS) is 2.40. The molecular formula is C2H8AlIO. The van der Waals surface area contributed by atoms with Crippen LogP contribution in [0.25, 0.3) is 0 Å². The van der Waals surface area contributed by atoms with Crippen molar-refractivity contribution in [2.75, 3.05) is 0 Å². The Bertz CT molecular complexity index is 17.1. The summed E-state index contributed by atoms with van der Waals surface area (Å²) in [5, 5.41) is 7.33. The van der Waals surface area contributed by atoms with E-state index in [1.807, 2.05) is 0 Å². The van der Waals surface area contributed by atoms with Gasteiger partial charge in [-0.3, -0.25) is 0 Å². The van der Waals surface area contributed by atoms with E-state index in [-0.39, 0.29) is 41.3 Å². The highest BCUT2D eigenvalue weighted by Gasteiger charge is 1.11. The van der Waals surface area contributed by atoms with Gasteiger partial charge in [0.25, 0.3) is 0 Å². The molecule has 0 amide bonds. The molecule has 0 rings (SSSR count). The lowest BCUT2D eigenvalue weighted by Gasteiger charge is -1.41. The Hall–Kier alpha value is 0.802. The van der Waals surface area contributed by atoms with Gasteiger partial charge >= 0.3 is 0 Å². The minimum atomic E-state index is 0. The minimum absolute atomic E-state index is 0. The predicted molar refractivity (Wildman–Crippen MR) is 38.2 cm³/mol. The first kappa shape index (κ1) is 17.0. The Balaban J connectivity index is -0.0000000200. The molecule has 0 aliphatic carbocycles. The number of halogens is 1. The van der Waals surface area contributed by atoms with Crippen molar-refractivity contribution >= 4 is 41.3 Å². The molecule has 1 nitrogen and oxygen atoms in total. The van der Waals surface area contributed by atoms with E-state index < -0.39 is 0 Å². The van der Waals surface area contributed by atoms with Gasteiger partial charge < -0.3 is 5.11 Å². The summed E-state index contributed by atoms with van der Waals surface area (Å²) in [6, 6.07) is 0. The maximum absolute atomic E-state index is 7.33. The largest absolute Gasteiger partial charge is 0.516 e. The molecule has 0 aliphatic heterocycles. The van der Waals surface area contributed by atoms with Crippen molar-refractivity contribution in [3.8, 4) is 0 Å². The second-order valence-corrected chi connectivity index (χ2v) is 0.183. The van der Waals surface area contributed by atoms with Crippen molar-refractivity contribution in [1.29, 1.82) is 0 Å². The van der Waals surface area contributed by atoms with E-state index in [1.54, 1.807) is 0 Å². The zero-order valence-corrected chi connectivity index (χ0v) is 4.47. The fraction of sp³-hybridized carbons (Fsp3) is 0. The van der Waals surface area contributed by atoms with Gasteiger partial charge in [0, 0.05) is 0 Å². The van der Waals surface area contributed by atoms with E-state index in [4.69, 9.17) is 5.11 Å². The molecule has 0 saturated carbocycles. The summed E-state index contributed by atoms with van der Waals surface area (Å²) < 4.78 is 0. The van der Waals surface area contributed by atoms with Crippen LogP contribution in [0.1, 0.15) is 0 Å². The fourth-order valence-electron chi connectivity index (χ4n) is 0. The Labute approximate surface area is 59.2 Å². The van der Waals surface area contributed by atoms with Crippen molar-refractivity contribution < 1.29 is 5.11 Å². The Morgan fingerprint density at radius 1 is 1.60 bits per heavy atom. The monoisotopic (exact) mass is 202 g/mol. The van der Waals surface area contributed by atoms with E-state index in [2.05, 4.69) is 6.58 Å². The van der Waals surface area contributed by atoms with Gasteiger partial charge in [0.05, 0.1) is 6.26 Å². The predicted octanol–water partition coefficient (Wildman–Crippen LogP) is 0.122. The molecule has 0 aromatic heterocycles. The number of hydrogen-bond donors (Lipinski definition) is 1. The molecule has 32 valence electrons. The van der Waals surface area contributed by atoms with Gasteiger partial charge in [-0.15, -0.1) is 24.0 Å². The molecule has 3 heteroatoms. The molecule has 1 N–H and O–H groups in total. The molecule has 0 unspecified atom stereocenters. The number of hydrogen-bond acceptors (Lipinski definition) is 1. The molecule has 0 aliphatic rings. The second kappa shape index (κ2) is 21.4. The number of rotatable bonds is 0.